The van der Waals surface area contributed by atoms with Gasteiger partial charge in [-0.15, -0.1) is 0 Å². The minimum Gasteiger partial charge on any atom is -0.342 e. The van der Waals surface area contributed by atoms with Crippen LogP contribution in [0, 0.1) is 6.92 Å². The van der Waals surface area contributed by atoms with Crippen molar-refractivity contribution in [3.05, 3.63) is 53.2 Å². The minimum atomic E-state index is 0.0210. The summed E-state index contributed by atoms with van der Waals surface area (Å²) in [4.78, 5) is 18.5. The van der Waals surface area contributed by atoms with Crippen molar-refractivity contribution in [2.45, 2.75) is 40.0 Å². The first-order chi connectivity index (χ1) is 11.6. The summed E-state index contributed by atoms with van der Waals surface area (Å²) in [6.07, 6.45) is 4.71. The van der Waals surface area contributed by atoms with Gasteiger partial charge in [-0.25, -0.2) is 4.98 Å². The second-order valence-electron chi connectivity index (χ2n) is 6.10. The zero-order valence-electron chi connectivity index (χ0n) is 15.1. The van der Waals surface area contributed by atoms with Crippen LogP contribution >= 0.6 is 0 Å². The number of hydrogen-bond acceptors (Lipinski definition) is 3. The molecule has 2 aromatic rings. The first kappa shape index (κ1) is 18.0. The second-order valence-corrected chi connectivity index (χ2v) is 6.10. The highest BCUT2D eigenvalue weighted by Crippen LogP contribution is 2.24. The average Bonchev–Trinajstić information content (AvgIpc) is 2.61. The summed E-state index contributed by atoms with van der Waals surface area (Å²) in [5.41, 5.74) is 4.18. The van der Waals surface area contributed by atoms with E-state index in [1.165, 1.54) is 11.1 Å². The number of hydrogen-bond donors (Lipinski definition) is 1. The highest BCUT2D eigenvalue weighted by atomic mass is 16.2. The van der Waals surface area contributed by atoms with Gasteiger partial charge in [0.2, 0.25) is 0 Å². The van der Waals surface area contributed by atoms with Crippen LogP contribution in [-0.4, -0.2) is 29.4 Å². The molecule has 1 heterocycles. The second kappa shape index (κ2) is 8.48. The zero-order valence-corrected chi connectivity index (χ0v) is 15.1. The van der Waals surface area contributed by atoms with Crippen molar-refractivity contribution in [2.24, 2.45) is 0 Å². The maximum atomic E-state index is 12.3. The van der Waals surface area contributed by atoms with Crippen LogP contribution in [0.25, 0.3) is 0 Å². The molecule has 4 nitrogen and oxygen atoms in total. The van der Waals surface area contributed by atoms with Gasteiger partial charge in [0.15, 0.2) is 0 Å². The minimum absolute atomic E-state index is 0.0210. The summed E-state index contributed by atoms with van der Waals surface area (Å²) in [6.45, 7) is 7.12. The number of aryl methyl sites for hydroxylation is 2. The predicted molar refractivity (Wildman–Crippen MR) is 99.9 cm³/mol. The van der Waals surface area contributed by atoms with Crippen molar-refractivity contribution in [1.29, 1.82) is 0 Å². The number of aromatic nitrogens is 1. The van der Waals surface area contributed by atoms with E-state index in [9.17, 15) is 4.79 Å². The van der Waals surface area contributed by atoms with Crippen LogP contribution in [0.15, 0.2) is 36.5 Å². The van der Waals surface area contributed by atoms with Gasteiger partial charge >= 0.3 is 0 Å². The van der Waals surface area contributed by atoms with Crippen LogP contribution in [0.2, 0.25) is 0 Å². The van der Waals surface area contributed by atoms with Crippen LogP contribution in [0.1, 0.15) is 48.2 Å². The largest absolute Gasteiger partial charge is 0.342 e. The van der Waals surface area contributed by atoms with Gasteiger partial charge in [0.1, 0.15) is 5.82 Å². The van der Waals surface area contributed by atoms with Crippen molar-refractivity contribution in [3.8, 4) is 0 Å². The lowest BCUT2D eigenvalue weighted by atomic mass is 10.1. The van der Waals surface area contributed by atoms with E-state index in [-0.39, 0.29) is 5.91 Å². The van der Waals surface area contributed by atoms with Crippen molar-refractivity contribution in [2.75, 3.05) is 18.9 Å². The molecule has 0 fully saturated rings. The van der Waals surface area contributed by atoms with Gasteiger partial charge in [0.25, 0.3) is 5.91 Å². The number of carbonyl (C=O) groups excluding carboxylic acids is 1. The van der Waals surface area contributed by atoms with Crippen molar-refractivity contribution in [1.82, 2.24) is 9.88 Å². The van der Waals surface area contributed by atoms with Gasteiger partial charge in [0.05, 0.1) is 5.56 Å². The average molecular weight is 325 g/mol. The molecule has 24 heavy (non-hydrogen) atoms. The van der Waals surface area contributed by atoms with E-state index in [0.717, 1.165) is 37.3 Å². The van der Waals surface area contributed by atoms with Gasteiger partial charge in [0, 0.05) is 25.5 Å². The number of nitrogens with zero attached hydrogens (tertiary/aromatic N) is 2. The van der Waals surface area contributed by atoms with E-state index in [1.807, 2.05) is 19.2 Å². The molecule has 0 atom stereocenters. The summed E-state index contributed by atoms with van der Waals surface area (Å²) in [5, 5.41) is 3.39. The SMILES string of the molecule is CCCCN(C)C(=O)c1ccc(Nc2c(C)cccc2CC)nc1. The van der Waals surface area contributed by atoms with E-state index in [0.29, 0.717) is 5.56 Å². The summed E-state index contributed by atoms with van der Waals surface area (Å²) < 4.78 is 0. The number of benzene rings is 1. The number of anilines is 2. The Morgan fingerprint density at radius 1 is 1.21 bits per heavy atom. The summed E-state index contributed by atoms with van der Waals surface area (Å²) in [5.74, 6) is 0.777. The first-order valence-corrected chi connectivity index (χ1v) is 8.63. The standard InChI is InChI=1S/C20H27N3O/c1-5-7-13-23(4)20(24)17-11-12-18(21-14-17)22-19-15(3)9-8-10-16(19)6-2/h8-12,14H,5-7,13H2,1-4H3,(H,21,22). The maximum absolute atomic E-state index is 12.3. The number of amides is 1. The lowest BCUT2D eigenvalue weighted by Crippen LogP contribution is -2.27. The van der Waals surface area contributed by atoms with Crippen LogP contribution in [0.3, 0.4) is 0 Å². The Morgan fingerprint density at radius 2 is 2.00 bits per heavy atom. The zero-order chi connectivity index (χ0) is 17.5. The lowest BCUT2D eigenvalue weighted by molar-refractivity contribution is 0.0793. The third-order valence-electron chi connectivity index (χ3n) is 4.20. The Kier molecular flexibility index (Phi) is 6.36. The topological polar surface area (TPSA) is 45.2 Å². The van der Waals surface area contributed by atoms with Gasteiger partial charge < -0.3 is 10.2 Å². The molecule has 0 aliphatic rings. The Hall–Kier alpha value is -2.36. The maximum Gasteiger partial charge on any atom is 0.255 e. The number of pyridine rings is 1. The van der Waals surface area contributed by atoms with E-state index in [1.54, 1.807) is 11.1 Å². The molecular weight excluding hydrogens is 298 g/mol. The molecule has 0 unspecified atom stereocenters. The fourth-order valence-corrected chi connectivity index (χ4v) is 2.64. The van der Waals surface area contributed by atoms with Crippen LogP contribution in [0.5, 0.6) is 0 Å². The monoisotopic (exact) mass is 325 g/mol. The van der Waals surface area contributed by atoms with Gasteiger partial charge in [-0.1, -0.05) is 38.5 Å². The summed E-state index contributed by atoms with van der Waals surface area (Å²) in [7, 11) is 1.84. The van der Waals surface area contributed by atoms with Crippen molar-refractivity contribution < 1.29 is 4.79 Å². The fourth-order valence-electron chi connectivity index (χ4n) is 2.64. The molecule has 0 aliphatic heterocycles. The Bertz CT molecular complexity index is 680. The smallest absolute Gasteiger partial charge is 0.255 e. The highest BCUT2D eigenvalue weighted by molar-refractivity contribution is 5.94. The molecular formula is C20H27N3O. The van der Waals surface area contributed by atoms with Crippen LogP contribution in [0.4, 0.5) is 11.5 Å². The molecule has 1 aromatic heterocycles. The van der Waals surface area contributed by atoms with Crippen LogP contribution < -0.4 is 5.32 Å². The molecule has 0 spiro atoms. The Balaban J connectivity index is 2.12. The number of nitrogens with one attached hydrogen (secondary N) is 1. The Labute approximate surface area is 144 Å². The van der Waals surface area contributed by atoms with E-state index in [2.05, 4.69) is 49.3 Å². The third-order valence-corrected chi connectivity index (χ3v) is 4.20. The molecule has 1 amide bonds. The molecule has 1 N–H and O–H groups in total. The van der Waals surface area contributed by atoms with Gasteiger partial charge in [-0.05, 0) is 43.0 Å². The van der Waals surface area contributed by atoms with E-state index >= 15 is 0 Å². The molecule has 128 valence electrons. The van der Waals surface area contributed by atoms with Gasteiger partial charge in [-0.2, -0.15) is 0 Å². The molecule has 0 saturated heterocycles. The van der Waals surface area contributed by atoms with E-state index < -0.39 is 0 Å². The molecule has 4 heteroatoms. The summed E-state index contributed by atoms with van der Waals surface area (Å²) >= 11 is 0. The number of rotatable bonds is 7. The molecule has 1 aromatic carbocycles. The third kappa shape index (κ3) is 4.34. The summed E-state index contributed by atoms with van der Waals surface area (Å²) in [6, 6.07) is 9.98. The van der Waals surface area contributed by atoms with Crippen molar-refractivity contribution in [3.63, 3.8) is 0 Å². The predicted octanol–water partition coefficient (Wildman–Crippen LogP) is 4.57. The lowest BCUT2D eigenvalue weighted by Gasteiger charge is -2.17. The molecule has 0 radical (unpaired) electrons. The van der Waals surface area contributed by atoms with E-state index in [4.69, 9.17) is 0 Å². The quantitative estimate of drug-likeness (QED) is 0.811. The number of carbonyl (C=O) groups is 1. The molecule has 2 rings (SSSR count). The molecule has 0 aliphatic carbocycles. The molecule has 0 bridgehead atoms. The Morgan fingerprint density at radius 3 is 2.62 bits per heavy atom. The van der Waals surface area contributed by atoms with Gasteiger partial charge in [-0.3, -0.25) is 4.79 Å². The normalized spacial score (nSPS) is 10.5. The first-order valence-electron chi connectivity index (χ1n) is 8.63. The van der Waals surface area contributed by atoms with Crippen LogP contribution in [-0.2, 0) is 6.42 Å². The number of para-hydroxylation sites is 1. The number of unbranched alkanes of at least 4 members (excludes halogenated alkanes) is 1. The molecule has 0 saturated carbocycles. The fraction of sp³-hybridized carbons (Fsp3) is 0.400. The van der Waals surface area contributed by atoms with Crippen molar-refractivity contribution >= 4 is 17.4 Å². The highest BCUT2D eigenvalue weighted by Gasteiger charge is 2.12.